The zero-order valence-electron chi connectivity index (χ0n) is 12.7. The Kier molecular flexibility index (Phi) is 5.34. The van der Waals surface area contributed by atoms with Crippen molar-refractivity contribution in [3.63, 3.8) is 0 Å². The largest absolute Gasteiger partial charge is 0.491 e. The number of benzene rings is 1. The number of ether oxygens (including phenoxy) is 1. The first-order valence-corrected chi connectivity index (χ1v) is 9.74. The molecular formula is C15H20ClNO4S. The second kappa shape index (κ2) is 6.87. The van der Waals surface area contributed by atoms with E-state index in [-0.39, 0.29) is 24.0 Å². The maximum absolute atomic E-state index is 12.2. The lowest BCUT2D eigenvalue weighted by atomic mass is 10.1. The third-order valence-corrected chi connectivity index (χ3v) is 4.76. The molecule has 1 atom stereocenters. The summed E-state index contributed by atoms with van der Waals surface area (Å²) in [5, 5.41) is 0. The second-order valence-corrected chi connectivity index (χ2v) is 8.42. The van der Waals surface area contributed by atoms with Gasteiger partial charge >= 0.3 is 0 Å². The molecule has 1 heterocycles. The molecule has 0 bridgehead atoms. The molecule has 0 N–H and O–H groups in total. The van der Waals surface area contributed by atoms with E-state index in [9.17, 15) is 13.2 Å². The third kappa shape index (κ3) is 4.36. The quantitative estimate of drug-likeness (QED) is 0.744. The molecule has 5 nitrogen and oxygen atoms in total. The maximum Gasteiger partial charge on any atom is 0.232 e. The van der Waals surface area contributed by atoms with Gasteiger partial charge in [0.15, 0.2) is 0 Å². The van der Waals surface area contributed by atoms with Gasteiger partial charge in [-0.1, -0.05) is 13.0 Å². The molecule has 7 heteroatoms. The molecule has 1 aliphatic rings. The Morgan fingerprint density at radius 2 is 2.14 bits per heavy atom. The van der Waals surface area contributed by atoms with Gasteiger partial charge in [-0.25, -0.2) is 8.42 Å². The molecule has 1 aromatic carbocycles. The summed E-state index contributed by atoms with van der Waals surface area (Å²) in [5.41, 5.74) is 1.74. The highest BCUT2D eigenvalue weighted by atomic mass is 35.7. The highest BCUT2D eigenvalue weighted by Crippen LogP contribution is 2.34. The van der Waals surface area contributed by atoms with Gasteiger partial charge in [0, 0.05) is 29.6 Å². The highest BCUT2D eigenvalue weighted by Gasteiger charge is 2.34. The first kappa shape index (κ1) is 17.1. The summed E-state index contributed by atoms with van der Waals surface area (Å²) in [6.45, 7) is 4.88. The van der Waals surface area contributed by atoms with Crippen molar-refractivity contribution < 1.29 is 17.9 Å². The summed E-state index contributed by atoms with van der Waals surface area (Å²) in [5.74, 6) is 0.0868. The molecule has 2 rings (SSSR count). The number of rotatable bonds is 6. The first-order valence-electron chi connectivity index (χ1n) is 7.26. The number of amides is 1. The fourth-order valence-corrected chi connectivity index (χ4v) is 3.90. The van der Waals surface area contributed by atoms with E-state index in [0.717, 1.165) is 12.0 Å². The first-order chi connectivity index (χ1) is 10.3. The van der Waals surface area contributed by atoms with Crippen molar-refractivity contribution in [1.29, 1.82) is 0 Å². The van der Waals surface area contributed by atoms with Crippen LogP contribution in [0.25, 0.3) is 0 Å². The Bertz CT molecular complexity index is 660. The van der Waals surface area contributed by atoms with Crippen molar-refractivity contribution in [3.8, 4) is 5.75 Å². The summed E-state index contributed by atoms with van der Waals surface area (Å²) in [4.78, 5) is 13.8. The zero-order chi connectivity index (χ0) is 16.3. The van der Waals surface area contributed by atoms with Crippen molar-refractivity contribution in [1.82, 2.24) is 0 Å². The minimum absolute atomic E-state index is 0.101. The Hall–Kier alpha value is -1.27. The fourth-order valence-electron chi connectivity index (χ4n) is 2.58. The normalized spacial score (nSPS) is 18.8. The number of hydrogen-bond donors (Lipinski definition) is 0. The van der Waals surface area contributed by atoms with Gasteiger partial charge in [0.25, 0.3) is 0 Å². The molecule has 1 saturated heterocycles. The molecule has 1 aromatic rings. The molecule has 0 saturated carbocycles. The predicted molar refractivity (Wildman–Crippen MR) is 87.1 cm³/mol. The molecule has 1 aliphatic heterocycles. The van der Waals surface area contributed by atoms with Gasteiger partial charge in [-0.3, -0.25) is 4.79 Å². The summed E-state index contributed by atoms with van der Waals surface area (Å²) < 4.78 is 28.1. The Morgan fingerprint density at radius 1 is 1.41 bits per heavy atom. The molecule has 122 valence electrons. The van der Waals surface area contributed by atoms with Gasteiger partial charge in [-0.15, -0.1) is 0 Å². The van der Waals surface area contributed by atoms with Crippen molar-refractivity contribution in [2.24, 2.45) is 5.92 Å². The monoisotopic (exact) mass is 345 g/mol. The van der Waals surface area contributed by atoms with E-state index in [2.05, 4.69) is 0 Å². The van der Waals surface area contributed by atoms with Crippen LogP contribution in [0.4, 0.5) is 5.69 Å². The summed E-state index contributed by atoms with van der Waals surface area (Å²) >= 11 is 0. The number of carbonyl (C=O) groups excluding carboxylic acids is 1. The molecular weight excluding hydrogens is 326 g/mol. The van der Waals surface area contributed by atoms with Crippen LogP contribution in [0.2, 0.25) is 0 Å². The minimum atomic E-state index is -3.61. The van der Waals surface area contributed by atoms with Crippen LogP contribution in [-0.2, 0) is 13.8 Å². The number of halogens is 1. The van der Waals surface area contributed by atoms with Crippen LogP contribution in [0.1, 0.15) is 25.3 Å². The van der Waals surface area contributed by atoms with Gasteiger partial charge in [-0.2, -0.15) is 0 Å². The van der Waals surface area contributed by atoms with Crippen LogP contribution < -0.4 is 9.64 Å². The van der Waals surface area contributed by atoms with Crippen LogP contribution in [-0.4, -0.2) is 33.2 Å². The van der Waals surface area contributed by atoms with Gasteiger partial charge < -0.3 is 9.64 Å². The Morgan fingerprint density at radius 3 is 2.77 bits per heavy atom. The maximum atomic E-state index is 12.2. The number of hydrogen-bond acceptors (Lipinski definition) is 4. The third-order valence-electron chi connectivity index (χ3n) is 3.51. The van der Waals surface area contributed by atoms with E-state index in [1.54, 1.807) is 4.90 Å². The predicted octanol–water partition coefficient (Wildman–Crippen LogP) is 2.71. The topological polar surface area (TPSA) is 63.7 Å². The van der Waals surface area contributed by atoms with Gasteiger partial charge in [0.1, 0.15) is 5.75 Å². The molecule has 1 fully saturated rings. The summed E-state index contributed by atoms with van der Waals surface area (Å²) in [6.07, 6.45) is 1.06. The molecule has 0 aromatic heterocycles. The lowest BCUT2D eigenvalue weighted by Gasteiger charge is -2.21. The average Bonchev–Trinajstić information content (AvgIpc) is 2.75. The average molecular weight is 346 g/mol. The van der Waals surface area contributed by atoms with Crippen molar-refractivity contribution >= 4 is 31.3 Å². The van der Waals surface area contributed by atoms with E-state index < -0.39 is 9.05 Å². The lowest BCUT2D eigenvalue weighted by Crippen LogP contribution is -2.26. The van der Waals surface area contributed by atoms with E-state index >= 15 is 0 Å². The van der Waals surface area contributed by atoms with E-state index in [0.29, 0.717) is 24.6 Å². The van der Waals surface area contributed by atoms with Crippen LogP contribution in [0, 0.1) is 12.8 Å². The summed E-state index contributed by atoms with van der Waals surface area (Å²) in [7, 11) is 1.69. The minimum Gasteiger partial charge on any atom is -0.491 e. The molecule has 1 unspecified atom stereocenters. The van der Waals surface area contributed by atoms with Crippen molar-refractivity contribution in [2.45, 2.75) is 26.7 Å². The van der Waals surface area contributed by atoms with E-state index in [4.69, 9.17) is 15.4 Å². The van der Waals surface area contributed by atoms with E-state index in [1.165, 1.54) is 0 Å². The molecule has 0 spiro atoms. The van der Waals surface area contributed by atoms with Crippen LogP contribution in [0.15, 0.2) is 18.2 Å². The SMILES string of the molecule is CCCOc1cc(C)ccc1N1CC(CS(=O)(=O)Cl)CC1=O. The summed E-state index contributed by atoms with van der Waals surface area (Å²) in [6, 6.07) is 5.65. The number of carbonyl (C=O) groups is 1. The fraction of sp³-hybridized carbons (Fsp3) is 0.533. The number of nitrogens with zero attached hydrogens (tertiary/aromatic N) is 1. The zero-order valence-corrected chi connectivity index (χ0v) is 14.3. The molecule has 1 amide bonds. The van der Waals surface area contributed by atoms with Crippen LogP contribution in [0.5, 0.6) is 5.75 Å². The van der Waals surface area contributed by atoms with Crippen LogP contribution in [0.3, 0.4) is 0 Å². The van der Waals surface area contributed by atoms with Crippen LogP contribution >= 0.6 is 10.7 Å². The Labute approximate surface area is 135 Å². The number of anilines is 1. The number of aryl methyl sites for hydroxylation is 1. The smallest absolute Gasteiger partial charge is 0.232 e. The molecule has 0 aliphatic carbocycles. The standard InChI is InChI=1S/C15H20ClNO4S/c1-3-6-21-14-7-11(2)4-5-13(14)17-9-12(8-15(17)18)10-22(16,19)20/h4-5,7,12H,3,6,8-10H2,1-2H3. The van der Waals surface area contributed by atoms with Crippen molar-refractivity contribution in [3.05, 3.63) is 23.8 Å². The van der Waals surface area contributed by atoms with E-state index in [1.807, 2.05) is 32.0 Å². The van der Waals surface area contributed by atoms with Gasteiger partial charge in [0.2, 0.25) is 15.0 Å². The Balaban J connectivity index is 2.22. The lowest BCUT2D eigenvalue weighted by molar-refractivity contribution is -0.117. The van der Waals surface area contributed by atoms with Gasteiger partial charge in [0.05, 0.1) is 18.0 Å². The second-order valence-electron chi connectivity index (χ2n) is 5.60. The molecule has 0 radical (unpaired) electrons. The van der Waals surface area contributed by atoms with Crippen molar-refractivity contribution in [2.75, 3.05) is 23.8 Å². The van der Waals surface area contributed by atoms with Gasteiger partial charge in [-0.05, 0) is 31.0 Å². The molecule has 22 heavy (non-hydrogen) atoms. The highest BCUT2D eigenvalue weighted by molar-refractivity contribution is 8.13.